The normalized spacial score (nSPS) is 12.0. The number of hydrogen-bond acceptors (Lipinski definition) is 3. The number of nitrogens with one attached hydrogen (secondary N) is 1. The summed E-state index contributed by atoms with van der Waals surface area (Å²) < 4.78 is 19.9. The Bertz CT molecular complexity index is 866. The molecule has 0 bridgehead atoms. The number of ether oxygens (including phenoxy) is 1. The van der Waals surface area contributed by atoms with Crippen molar-refractivity contribution < 1.29 is 13.9 Å². The molecule has 0 aromatic heterocycles. The zero-order valence-electron chi connectivity index (χ0n) is 16.3. The Hall–Kier alpha value is -2.63. The number of anilines is 1. The Morgan fingerprint density at radius 2 is 1.48 bits per heavy atom. The molecule has 0 radical (unpaired) electrons. The maximum atomic E-state index is 13.7. The van der Waals surface area contributed by atoms with E-state index in [4.69, 9.17) is 4.74 Å². The monoisotopic (exact) mass is 409 g/mol. The highest BCUT2D eigenvalue weighted by Crippen LogP contribution is 2.26. The molecule has 0 saturated carbocycles. The molecular formula is C24H24FNO2S. The van der Waals surface area contributed by atoms with Gasteiger partial charge in [-0.05, 0) is 30.2 Å². The summed E-state index contributed by atoms with van der Waals surface area (Å²) in [7, 11) is 0. The Morgan fingerprint density at radius 1 is 0.931 bits per heavy atom. The van der Waals surface area contributed by atoms with Crippen LogP contribution in [-0.4, -0.2) is 23.5 Å². The quantitative estimate of drug-likeness (QED) is 0.461. The summed E-state index contributed by atoms with van der Waals surface area (Å²) in [4.78, 5) is 12.3. The highest BCUT2D eigenvalue weighted by atomic mass is 32.2. The third-order valence-corrected chi connectivity index (χ3v) is 5.56. The fourth-order valence-electron chi connectivity index (χ4n) is 2.90. The number of rotatable bonds is 9. The minimum absolute atomic E-state index is 0.152. The van der Waals surface area contributed by atoms with Crippen molar-refractivity contribution in [2.75, 3.05) is 17.7 Å². The zero-order chi connectivity index (χ0) is 20.5. The molecule has 0 spiro atoms. The van der Waals surface area contributed by atoms with Crippen LogP contribution in [0.25, 0.3) is 0 Å². The van der Waals surface area contributed by atoms with Gasteiger partial charge in [0, 0.05) is 5.75 Å². The van der Waals surface area contributed by atoms with Gasteiger partial charge in [0.1, 0.15) is 11.9 Å². The summed E-state index contributed by atoms with van der Waals surface area (Å²) in [5.41, 5.74) is 2.39. The van der Waals surface area contributed by atoms with E-state index >= 15 is 0 Å². The molecular weight excluding hydrogens is 385 g/mol. The lowest BCUT2D eigenvalue weighted by Crippen LogP contribution is -2.24. The van der Waals surface area contributed by atoms with E-state index in [0.29, 0.717) is 12.4 Å². The number of halogens is 1. The molecule has 5 heteroatoms. The summed E-state index contributed by atoms with van der Waals surface area (Å²) in [6.07, 6.45) is -0.152. The molecule has 1 atom stereocenters. The predicted octanol–water partition coefficient (Wildman–Crippen LogP) is 5.69. The average Bonchev–Trinajstić information content (AvgIpc) is 2.76. The molecule has 0 heterocycles. The van der Waals surface area contributed by atoms with E-state index in [1.807, 2.05) is 43.3 Å². The van der Waals surface area contributed by atoms with Gasteiger partial charge in [0.25, 0.3) is 0 Å². The van der Waals surface area contributed by atoms with Crippen molar-refractivity contribution >= 4 is 23.4 Å². The van der Waals surface area contributed by atoms with E-state index in [0.717, 1.165) is 11.1 Å². The third-order valence-electron chi connectivity index (χ3n) is 4.44. The number of carbonyl (C=O) groups excluding carboxylic acids is 1. The standard InChI is InChI=1S/C24H24FNO2S/c1-18(24(27)26-22-15-9-8-14-21(22)25)29-17-16-28-23(19-10-4-2-5-11-19)20-12-6-3-7-13-20/h2-15,18,23H,16-17H2,1H3,(H,26,27). The van der Waals surface area contributed by atoms with Crippen LogP contribution in [0.3, 0.4) is 0 Å². The van der Waals surface area contributed by atoms with Gasteiger partial charge >= 0.3 is 0 Å². The Balaban J connectivity index is 1.52. The first-order chi connectivity index (χ1) is 14.1. The number of para-hydroxylation sites is 1. The maximum Gasteiger partial charge on any atom is 0.237 e. The number of benzene rings is 3. The van der Waals surface area contributed by atoms with E-state index in [1.165, 1.54) is 17.8 Å². The topological polar surface area (TPSA) is 38.3 Å². The summed E-state index contributed by atoms with van der Waals surface area (Å²) in [5, 5.41) is 2.32. The highest BCUT2D eigenvalue weighted by Gasteiger charge is 2.17. The van der Waals surface area contributed by atoms with E-state index < -0.39 is 5.82 Å². The van der Waals surface area contributed by atoms with Crippen molar-refractivity contribution in [2.45, 2.75) is 18.3 Å². The van der Waals surface area contributed by atoms with E-state index in [2.05, 4.69) is 29.6 Å². The van der Waals surface area contributed by atoms with Gasteiger partial charge in [-0.25, -0.2) is 4.39 Å². The molecule has 0 fully saturated rings. The van der Waals surface area contributed by atoms with Crippen molar-refractivity contribution in [1.82, 2.24) is 0 Å². The number of hydrogen-bond donors (Lipinski definition) is 1. The highest BCUT2D eigenvalue weighted by molar-refractivity contribution is 8.00. The van der Waals surface area contributed by atoms with Crippen molar-refractivity contribution in [3.8, 4) is 0 Å². The van der Waals surface area contributed by atoms with Crippen molar-refractivity contribution in [3.05, 3.63) is 102 Å². The summed E-state index contributed by atoms with van der Waals surface area (Å²) in [6.45, 7) is 2.31. The second-order valence-corrected chi connectivity index (χ2v) is 8.00. The van der Waals surface area contributed by atoms with Crippen LogP contribution < -0.4 is 5.32 Å². The predicted molar refractivity (Wildman–Crippen MR) is 118 cm³/mol. The lowest BCUT2D eigenvalue weighted by atomic mass is 10.0. The lowest BCUT2D eigenvalue weighted by molar-refractivity contribution is -0.115. The van der Waals surface area contributed by atoms with Gasteiger partial charge in [0.15, 0.2) is 0 Å². The van der Waals surface area contributed by atoms with Crippen LogP contribution in [-0.2, 0) is 9.53 Å². The van der Waals surface area contributed by atoms with Gasteiger partial charge in [0.2, 0.25) is 5.91 Å². The van der Waals surface area contributed by atoms with Crippen LogP contribution in [0.4, 0.5) is 10.1 Å². The molecule has 0 saturated heterocycles. The largest absolute Gasteiger partial charge is 0.368 e. The smallest absolute Gasteiger partial charge is 0.237 e. The molecule has 3 rings (SSSR count). The average molecular weight is 410 g/mol. The number of carbonyl (C=O) groups is 1. The Labute approximate surface area is 175 Å². The van der Waals surface area contributed by atoms with Crippen molar-refractivity contribution in [1.29, 1.82) is 0 Å². The Kier molecular flexibility index (Phi) is 7.85. The minimum atomic E-state index is -0.435. The zero-order valence-corrected chi connectivity index (χ0v) is 17.1. The first-order valence-corrected chi connectivity index (χ1v) is 10.6. The molecule has 1 unspecified atom stereocenters. The molecule has 150 valence electrons. The fourth-order valence-corrected chi connectivity index (χ4v) is 3.66. The van der Waals surface area contributed by atoms with E-state index in [-0.39, 0.29) is 22.9 Å². The third kappa shape index (κ3) is 6.17. The molecule has 0 aliphatic carbocycles. The van der Waals surface area contributed by atoms with Gasteiger partial charge in [-0.15, -0.1) is 11.8 Å². The van der Waals surface area contributed by atoms with E-state index in [9.17, 15) is 9.18 Å². The van der Waals surface area contributed by atoms with Gasteiger partial charge in [-0.2, -0.15) is 0 Å². The van der Waals surface area contributed by atoms with Crippen LogP contribution in [0, 0.1) is 5.82 Å². The molecule has 0 aliphatic heterocycles. The van der Waals surface area contributed by atoms with Crippen LogP contribution in [0.2, 0.25) is 0 Å². The molecule has 1 amide bonds. The lowest BCUT2D eigenvalue weighted by Gasteiger charge is -2.19. The molecule has 1 N–H and O–H groups in total. The van der Waals surface area contributed by atoms with Gasteiger partial charge in [-0.3, -0.25) is 4.79 Å². The molecule has 0 aliphatic rings. The van der Waals surface area contributed by atoms with Gasteiger partial charge < -0.3 is 10.1 Å². The summed E-state index contributed by atoms with van der Waals surface area (Å²) in [5.74, 6) is -0.000105. The molecule has 3 nitrogen and oxygen atoms in total. The summed E-state index contributed by atoms with van der Waals surface area (Å²) in [6, 6.07) is 26.3. The van der Waals surface area contributed by atoms with Crippen LogP contribution >= 0.6 is 11.8 Å². The first kappa shape index (κ1) is 21.1. The second-order valence-electron chi connectivity index (χ2n) is 6.55. The van der Waals surface area contributed by atoms with Crippen LogP contribution in [0.1, 0.15) is 24.2 Å². The van der Waals surface area contributed by atoms with Crippen LogP contribution in [0.5, 0.6) is 0 Å². The minimum Gasteiger partial charge on any atom is -0.368 e. The number of amides is 1. The van der Waals surface area contributed by atoms with Crippen molar-refractivity contribution in [3.63, 3.8) is 0 Å². The van der Waals surface area contributed by atoms with Crippen LogP contribution in [0.15, 0.2) is 84.9 Å². The number of thioether (sulfide) groups is 1. The summed E-state index contributed by atoms with van der Waals surface area (Å²) >= 11 is 1.48. The maximum absolute atomic E-state index is 13.7. The molecule has 3 aromatic carbocycles. The first-order valence-electron chi connectivity index (χ1n) is 9.53. The molecule has 29 heavy (non-hydrogen) atoms. The fraction of sp³-hybridized carbons (Fsp3) is 0.208. The van der Waals surface area contributed by atoms with E-state index in [1.54, 1.807) is 18.2 Å². The van der Waals surface area contributed by atoms with Crippen molar-refractivity contribution in [2.24, 2.45) is 0 Å². The Morgan fingerprint density at radius 3 is 2.07 bits per heavy atom. The molecule has 3 aromatic rings. The SMILES string of the molecule is CC(SCCOC(c1ccccc1)c1ccccc1)C(=O)Nc1ccccc1F. The second kappa shape index (κ2) is 10.8. The van der Waals surface area contributed by atoms with Gasteiger partial charge in [-0.1, -0.05) is 72.8 Å². The van der Waals surface area contributed by atoms with Gasteiger partial charge in [0.05, 0.1) is 17.5 Å².